The fourth-order valence-corrected chi connectivity index (χ4v) is 2.97. The van der Waals surface area contributed by atoms with Gasteiger partial charge in [-0.3, -0.25) is 0 Å². The van der Waals surface area contributed by atoms with Gasteiger partial charge < -0.3 is 4.74 Å². The van der Waals surface area contributed by atoms with Crippen molar-refractivity contribution in [1.82, 2.24) is 0 Å². The monoisotopic (exact) mass is 322 g/mol. The second-order valence-electron chi connectivity index (χ2n) is 2.77. The number of ether oxygens (including phenoxy) is 1. The first-order valence-electron chi connectivity index (χ1n) is 4.22. The maximum Gasteiger partial charge on any atom is 0.140 e. The van der Waals surface area contributed by atoms with Crippen molar-refractivity contribution < 1.29 is 9.13 Å². The largest absolute Gasteiger partial charge is 0.492 e. The number of benzene rings is 1. The lowest BCUT2D eigenvalue weighted by Crippen LogP contribution is -1.93. The third-order valence-electron chi connectivity index (χ3n) is 1.89. The molecule has 0 bridgehead atoms. The molecule has 1 nitrogen and oxygen atoms in total. The van der Waals surface area contributed by atoms with Gasteiger partial charge in [0.25, 0.3) is 0 Å². The zero-order chi connectivity index (χ0) is 10.1. The summed E-state index contributed by atoms with van der Waals surface area (Å²) >= 11 is 3.60. The molecule has 0 saturated carbocycles. The van der Waals surface area contributed by atoms with Gasteiger partial charge in [0, 0.05) is 11.5 Å². The van der Waals surface area contributed by atoms with Crippen LogP contribution in [0.5, 0.6) is 5.75 Å². The molecule has 0 aliphatic carbocycles. The number of thiophene rings is 1. The van der Waals surface area contributed by atoms with Crippen LogP contribution in [0.25, 0.3) is 10.1 Å². The van der Waals surface area contributed by atoms with Crippen molar-refractivity contribution in [3.8, 4) is 5.75 Å². The lowest BCUT2D eigenvalue weighted by atomic mass is 10.2. The molecular formula is C10H8FIOS. The molecule has 2 aromatic rings. The van der Waals surface area contributed by atoms with Gasteiger partial charge in [-0.2, -0.15) is 0 Å². The molecule has 4 heteroatoms. The second-order valence-corrected chi connectivity index (χ2v) is 4.76. The summed E-state index contributed by atoms with van der Waals surface area (Å²) in [4.78, 5) is 0. The minimum absolute atomic E-state index is 0.208. The Morgan fingerprint density at radius 1 is 1.57 bits per heavy atom. The molecule has 1 heterocycles. The smallest absolute Gasteiger partial charge is 0.140 e. The van der Waals surface area contributed by atoms with Gasteiger partial charge in [-0.15, -0.1) is 11.3 Å². The molecular weight excluding hydrogens is 314 g/mol. The molecule has 0 radical (unpaired) electrons. The van der Waals surface area contributed by atoms with Crippen molar-refractivity contribution >= 4 is 44.0 Å². The Morgan fingerprint density at radius 2 is 2.36 bits per heavy atom. The van der Waals surface area contributed by atoms with E-state index >= 15 is 0 Å². The first kappa shape index (κ1) is 10.2. The van der Waals surface area contributed by atoms with E-state index in [1.807, 2.05) is 41.0 Å². The predicted molar refractivity (Wildman–Crippen MR) is 65.7 cm³/mol. The lowest BCUT2D eigenvalue weighted by molar-refractivity contribution is 0.343. The molecule has 1 aromatic carbocycles. The minimum atomic E-state index is -0.208. The third-order valence-corrected chi connectivity index (χ3v) is 3.92. The van der Waals surface area contributed by atoms with E-state index in [0.717, 1.165) is 10.1 Å². The first-order chi connectivity index (χ1) is 6.74. The standard InChI is InChI=1S/C10H8FIOS/c1-2-13-8-5-7(11)9(12)6-3-4-14-10(6)8/h3-5H,2H2,1H3. The highest BCUT2D eigenvalue weighted by Crippen LogP contribution is 2.35. The maximum atomic E-state index is 13.4. The topological polar surface area (TPSA) is 9.23 Å². The van der Waals surface area contributed by atoms with Gasteiger partial charge in [0.15, 0.2) is 0 Å². The van der Waals surface area contributed by atoms with Crippen LogP contribution in [0.15, 0.2) is 17.5 Å². The van der Waals surface area contributed by atoms with Crippen molar-refractivity contribution in [2.45, 2.75) is 6.92 Å². The fraction of sp³-hybridized carbons (Fsp3) is 0.200. The van der Waals surface area contributed by atoms with Crippen molar-refractivity contribution in [3.05, 3.63) is 26.9 Å². The predicted octanol–water partition coefficient (Wildman–Crippen LogP) is 4.04. The Labute approximate surface area is 99.0 Å². The van der Waals surface area contributed by atoms with Gasteiger partial charge in [0.1, 0.15) is 11.6 Å². The van der Waals surface area contributed by atoms with E-state index in [-0.39, 0.29) is 5.82 Å². The van der Waals surface area contributed by atoms with E-state index in [1.54, 1.807) is 11.3 Å². The number of fused-ring (bicyclic) bond motifs is 1. The second kappa shape index (κ2) is 4.02. The van der Waals surface area contributed by atoms with Gasteiger partial charge in [0.05, 0.1) is 14.9 Å². The molecule has 0 atom stereocenters. The Morgan fingerprint density at radius 3 is 3.07 bits per heavy atom. The van der Waals surface area contributed by atoms with Crippen LogP contribution in [-0.4, -0.2) is 6.61 Å². The number of halogens is 2. The highest BCUT2D eigenvalue weighted by Gasteiger charge is 2.11. The average Bonchev–Trinajstić information content (AvgIpc) is 2.63. The SMILES string of the molecule is CCOc1cc(F)c(I)c2ccsc12. The van der Waals surface area contributed by atoms with Gasteiger partial charge in [-0.05, 0) is 41.0 Å². The van der Waals surface area contributed by atoms with Crippen LogP contribution in [0.2, 0.25) is 0 Å². The van der Waals surface area contributed by atoms with E-state index in [1.165, 1.54) is 6.07 Å². The summed E-state index contributed by atoms with van der Waals surface area (Å²) in [5, 5.41) is 2.90. The summed E-state index contributed by atoms with van der Waals surface area (Å²) in [6.07, 6.45) is 0. The van der Waals surface area contributed by atoms with Gasteiger partial charge >= 0.3 is 0 Å². The van der Waals surface area contributed by atoms with Crippen LogP contribution >= 0.6 is 33.9 Å². The summed E-state index contributed by atoms with van der Waals surface area (Å²) < 4.78 is 20.5. The summed E-state index contributed by atoms with van der Waals surface area (Å²) in [6.45, 7) is 2.46. The number of rotatable bonds is 2. The van der Waals surface area contributed by atoms with Gasteiger partial charge in [0.2, 0.25) is 0 Å². The van der Waals surface area contributed by atoms with Crippen LogP contribution in [0.3, 0.4) is 0 Å². The molecule has 0 aliphatic rings. The Balaban J connectivity index is 2.71. The molecule has 0 unspecified atom stereocenters. The van der Waals surface area contributed by atoms with E-state index in [4.69, 9.17) is 4.74 Å². The molecule has 14 heavy (non-hydrogen) atoms. The molecule has 0 N–H and O–H groups in total. The third kappa shape index (κ3) is 1.61. The van der Waals surface area contributed by atoms with Crippen molar-refractivity contribution in [2.75, 3.05) is 6.61 Å². The van der Waals surface area contributed by atoms with Crippen molar-refractivity contribution in [3.63, 3.8) is 0 Å². The van der Waals surface area contributed by atoms with E-state index in [9.17, 15) is 4.39 Å². The highest BCUT2D eigenvalue weighted by molar-refractivity contribution is 14.1. The molecule has 0 aliphatic heterocycles. The van der Waals surface area contributed by atoms with E-state index in [0.29, 0.717) is 15.9 Å². The summed E-state index contributed by atoms with van der Waals surface area (Å²) in [6, 6.07) is 3.39. The van der Waals surface area contributed by atoms with Gasteiger partial charge in [-0.1, -0.05) is 0 Å². The fourth-order valence-electron chi connectivity index (χ4n) is 1.31. The van der Waals surface area contributed by atoms with E-state index < -0.39 is 0 Å². The molecule has 1 aromatic heterocycles. The zero-order valence-electron chi connectivity index (χ0n) is 7.51. The number of hydrogen-bond donors (Lipinski definition) is 0. The van der Waals surface area contributed by atoms with Crippen LogP contribution in [0, 0.1) is 9.39 Å². The highest BCUT2D eigenvalue weighted by atomic mass is 127. The Bertz CT molecular complexity index is 466. The summed E-state index contributed by atoms with van der Waals surface area (Å²) in [7, 11) is 0. The van der Waals surface area contributed by atoms with Crippen LogP contribution < -0.4 is 4.74 Å². The molecule has 0 fully saturated rings. The minimum Gasteiger partial charge on any atom is -0.492 e. The normalized spacial score (nSPS) is 10.8. The lowest BCUT2D eigenvalue weighted by Gasteiger charge is -2.06. The Hall–Kier alpha value is -0.360. The quantitative estimate of drug-likeness (QED) is 0.758. The van der Waals surface area contributed by atoms with E-state index in [2.05, 4.69) is 0 Å². The zero-order valence-corrected chi connectivity index (χ0v) is 10.5. The summed E-state index contributed by atoms with van der Waals surface area (Å²) in [5.41, 5.74) is 0. The van der Waals surface area contributed by atoms with Crippen LogP contribution in [0.1, 0.15) is 6.92 Å². The molecule has 2 rings (SSSR count). The average molecular weight is 322 g/mol. The maximum absolute atomic E-state index is 13.4. The van der Waals surface area contributed by atoms with Gasteiger partial charge in [-0.25, -0.2) is 4.39 Å². The molecule has 74 valence electrons. The summed E-state index contributed by atoms with van der Waals surface area (Å²) in [5.74, 6) is 0.440. The molecule has 0 saturated heterocycles. The molecule has 0 amide bonds. The van der Waals surface area contributed by atoms with Crippen molar-refractivity contribution in [1.29, 1.82) is 0 Å². The number of hydrogen-bond acceptors (Lipinski definition) is 2. The molecule has 0 spiro atoms. The van der Waals surface area contributed by atoms with Crippen LogP contribution in [0.4, 0.5) is 4.39 Å². The van der Waals surface area contributed by atoms with Crippen molar-refractivity contribution in [2.24, 2.45) is 0 Å². The Kier molecular flexibility index (Phi) is 2.92. The first-order valence-corrected chi connectivity index (χ1v) is 6.18. The van der Waals surface area contributed by atoms with Crippen LogP contribution in [-0.2, 0) is 0 Å².